The summed E-state index contributed by atoms with van der Waals surface area (Å²) in [5.41, 5.74) is 9.22. The van der Waals surface area contributed by atoms with E-state index >= 15 is 0 Å². The lowest BCUT2D eigenvalue weighted by molar-refractivity contribution is 0.401. The van der Waals surface area contributed by atoms with Crippen molar-refractivity contribution in [1.82, 2.24) is 4.31 Å². The summed E-state index contributed by atoms with van der Waals surface area (Å²) in [4.78, 5) is 2.11. The second kappa shape index (κ2) is 8.86. The number of sulfonamides is 1. The SMILES string of the molecule is CN(C)c1ccc(N)cc1CN(Cc1ccccc1)S(=O)(=O)c1cccc(Cl)c1. The van der Waals surface area contributed by atoms with Gasteiger partial charge in [-0.3, -0.25) is 0 Å². The van der Waals surface area contributed by atoms with E-state index < -0.39 is 10.0 Å². The van der Waals surface area contributed by atoms with Gasteiger partial charge in [0, 0.05) is 43.6 Å². The van der Waals surface area contributed by atoms with Gasteiger partial charge in [0.2, 0.25) is 10.0 Å². The van der Waals surface area contributed by atoms with Crippen molar-refractivity contribution in [1.29, 1.82) is 0 Å². The lowest BCUT2D eigenvalue weighted by atomic mass is 10.1. The summed E-state index contributed by atoms with van der Waals surface area (Å²) in [5.74, 6) is 0. The number of benzene rings is 3. The Morgan fingerprint density at radius 1 is 0.897 bits per heavy atom. The van der Waals surface area contributed by atoms with Gasteiger partial charge < -0.3 is 10.6 Å². The van der Waals surface area contributed by atoms with Crippen molar-refractivity contribution < 1.29 is 8.42 Å². The number of hydrogen-bond acceptors (Lipinski definition) is 4. The summed E-state index contributed by atoms with van der Waals surface area (Å²) in [7, 11) is 0.0516. The van der Waals surface area contributed by atoms with Crippen LogP contribution in [0.25, 0.3) is 0 Å². The van der Waals surface area contributed by atoms with E-state index in [1.807, 2.05) is 67.5 Å². The van der Waals surface area contributed by atoms with E-state index in [1.54, 1.807) is 18.2 Å². The number of halogens is 1. The first-order chi connectivity index (χ1) is 13.8. The predicted octanol–water partition coefficient (Wildman–Crippen LogP) is 4.38. The molecule has 0 atom stereocenters. The molecule has 0 bridgehead atoms. The molecule has 7 heteroatoms. The highest BCUT2D eigenvalue weighted by molar-refractivity contribution is 7.89. The minimum atomic E-state index is -3.79. The Kier molecular flexibility index (Phi) is 6.47. The molecule has 2 N–H and O–H groups in total. The minimum absolute atomic E-state index is 0.163. The second-order valence-electron chi connectivity index (χ2n) is 7.00. The summed E-state index contributed by atoms with van der Waals surface area (Å²) in [6.07, 6.45) is 0. The van der Waals surface area contributed by atoms with Gasteiger partial charge in [-0.05, 0) is 47.5 Å². The molecule has 0 spiro atoms. The molecule has 0 aliphatic carbocycles. The van der Waals surface area contributed by atoms with Gasteiger partial charge in [-0.25, -0.2) is 8.42 Å². The summed E-state index contributed by atoms with van der Waals surface area (Å²) in [6.45, 7) is 0.416. The minimum Gasteiger partial charge on any atom is -0.399 e. The van der Waals surface area contributed by atoms with Crippen molar-refractivity contribution in [2.75, 3.05) is 24.7 Å². The number of nitrogens with zero attached hydrogens (tertiary/aromatic N) is 2. The molecule has 0 amide bonds. The van der Waals surface area contributed by atoms with Crippen LogP contribution in [0.4, 0.5) is 11.4 Å². The Bertz CT molecular complexity index is 1090. The van der Waals surface area contributed by atoms with Crippen LogP contribution in [0.15, 0.2) is 77.7 Å². The number of nitrogens with two attached hydrogens (primary N) is 1. The van der Waals surface area contributed by atoms with Gasteiger partial charge in [-0.15, -0.1) is 0 Å². The number of rotatable bonds is 7. The summed E-state index contributed by atoms with van der Waals surface area (Å²) in [5, 5.41) is 0.378. The highest BCUT2D eigenvalue weighted by atomic mass is 35.5. The molecule has 3 aromatic rings. The van der Waals surface area contributed by atoms with Gasteiger partial charge in [0.1, 0.15) is 0 Å². The molecule has 0 unspecified atom stereocenters. The standard InChI is InChI=1S/C22H24ClN3O2S/c1-25(2)22-12-11-20(24)13-18(22)16-26(15-17-7-4-3-5-8-17)29(27,28)21-10-6-9-19(23)14-21/h3-14H,15-16,24H2,1-2H3. The molecule has 3 rings (SSSR count). The van der Waals surface area contributed by atoms with E-state index in [0.29, 0.717) is 10.7 Å². The predicted molar refractivity (Wildman–Crippen MR) is 120 cm³/mol. The van der Waals surface area contributed by atoms with Crippen molar-refractivity contribution in [2.45, 2.75) is 18.0 Å². The van der Waals surface area contributed by atoms with Gasteiger partial charge in [-0.1, -0.05) is 48.0 Å². The van der Waals surface area contributed by atoms with E-state index in [-0.39, 0.29) is 18.0 Å². The Morgan fingerprint density at radius 2 is 1.62 bits per heavy atom. The quantitative estimate of drug-likeness (QED) is 0.566. The Morgan fingerprint density at radius 3 is 2.28 bits per heavy atom. The van der Waals surface area contributed by atoms with E-state index in [4.69, 9.17) is 17.3 Å². The third kappa shape index (κ3) is 5.09. The van der Waals surface area contributed by atoms with Crippen LogP contribution in [0.1, 0.15) is 11.1 Å². The fraction of sp³-hybridized carbons (Fsp3) is 0.182. The molecule has 152 valence electrons. The first kappa shape index (κ1) is 21.2. The lowest BCUT2D eigenvalue weighted by Gasteiger charge is -2.26. The maximum absolute atomic E-state index is 13.5. The fourth-order valence-electron chi connectivity index (χ4n) is 3.15. The topological polar surface area (TPSA) is 66.6 Å². The maximum atomic E-state index is 13.5. The molecule has 0 aliphatic heterocycles. The molecule has 0 saturated carbocycles. The normalized spacial score (nSPS) is 11.6. The molecule has 0 heterocycles. The van der Waals surface area contributed by atoms with Crippen LogP contribution in [0, 0.1) is 0 Å². The van der Waals surface area contributed by atoms with Crippen LogP contribution in [0.2, 0.25) is 5.02 Å². The van der Waals surface area contributed by atoms with Gasteiger partial charge in [0.05, 0.1) is 4.90 Å². The van der Waals surface area contributed by atoms with Crippen LogP contribution < -0.4 is 10.6 Å². The Hall–Kier alpha value is -2.54. The number of nitrogen functional groups attached to an aromatic ring is 1. The molecular formula is C22H24ClN3O2S. The number of hydrogen-bond donors (Lipinski definition) is 1. The lowest BCUT2D eigenvalue weighted by Crippen LogP contribution is -2.31. The molecule has 5 nitrogen and oxygen atoms in total. The molecule has 0 aliphatic rings. The summed E-state index contributed by atoms with van der Waals surface area (Å²) < 4.78 is 28.4. The van der Waals surface area contributed by atoms with Crippen molar-refractivity contribution >= 4 is 33.0 Å². The molecule has 0 aromatic heterocycles. The van der Waals surface area contributed by atoms with Crippen molar-refractivity contribution in [2.24, 2.45) is 0 Å². The molecule has 0 radical (unpaired) electrons. The zero-order valence-corrected chi connectivity index (χ0v) is 18.0. The van der Waals surface area contributed by atoms with Crippen LogP contribution in [-0.4, -0.2) is 26.8 Å². The van der Waals surface area contributed by atoms with Crippen LogP contribution >= 0.6 is 11.6 Å². The van der Waals surface area contributed by atoms with Crippen molar-refractivity contribution in [3.8, 4) is 0 Å². The molecular weight excluding hydrogens is 406 g/mol. The van der Waals surface area contributed by atoms with E-state index in [0.717, 1.165) is 16.8 Å². The van der Waals surface area contributed by atoms with Gasteiger partial charge in [0.15, 0.2) is 0 Å². The molecule has 0 fully saturated rings. The highest BCUT2D eigenvalue weighted by Gasteiger charge is 2.26. The molecule has 3 aromatic carbocycles. The van der Waals surface area contributed by atoms with E-state index in [9.17, 15) is 8.42 Å². The second-order valence-corrected chi connectivity index (χ2v) is 9.37. The zero-order valence-electron chi connectivity index (χ0n) is 16.4. The average Bonchev–Trinajstić information content (AvgIpc) is 2.68. The van der Waals surface area contributed by atoms with Crippen molar-refractivity contribution in [3.63, 3.8) is 0 Å². The Balaban J connectivity index is 2.06. The molecule has 29 heavy (non-hydrogen) atoms. The fourth-order valence-corrected chi connectivity index (χ4v) is 4.86. The highest BCUT2D eigenvalue weighted by Crippen LogP contribution is 2.28. The first-order valence-electron chi connectivity index (χ1n) is 9.13. The summed E-state index contributed by atoms with van der Waals surface area (Å²) in [6, 6.07) is 21.4. The summed E-state index contributed by atoms with van der Waals surface area (Å²) >= 11 is 6.06. The average molecular weight is 430 g/mol. The van der Waals surface area contributed by atoms with Crippen LogP contribution in [0.5, 0.6) is 0 Å². The van der Waals surface area contributed by atoms with E-state index in [2.05, 4.69) is 0 Å². The van der Waals surface area contributed by atoms with Crippen LogP contribution in [0.3, 0.4) is 0 Å². The third-order valence-corrected chi connectivity index (χ3v) is 6.59. The van der Waals surface area contributed by atoms with E-state index in [1.165, 1.54) is 10.4 Å². The number of anilines is 2. The van der Waals surface area contributed by atoms with Gasteiger partial charge in [-0.2, -0.15) is 4.31 Å². The largest absolute Gasteiger partial charge is 0.399 e. The molecule has 0 saturated heterocycles. The maximum Gasteiger partial charge on any atom is 0.243 e. The Labute approximate surface area is 177 Å². The van der Waals surface area contributed by atoms with Gasteiger partial charge >= 0.3 is 0 Å². The van der Waals surface area contributed by atoms with Crippen LogP contribution in [-0.2, 0) is 23.1 Å². The zero-order chi connectivity index (χ0) is 21.0. The third-order valence-electron chi connectivity index (χ3n) is 4.57. The monoisotopic (exact) mass is 429 g/mol. The van der Waals surface area contributed by atoms with Gasteiger partial charge in [0.25, 0.3) is 0 Å². The van der Waals surface area contributed by atoms with Crippen molar-refractivity contribution in [3.05, 3.63) is 88.9 Å². The smallest absolute Gasteiger partial charge is 0.243 e. The first-order valence-corrected chi connectivity index (χ1v) is 10.9.